The zero-order chi connectivity index (χ0) is 16.6. The van der Waals surface area contributed by atoms with Gasteiger partial charge in [-0.2, -0.15) is 0 Å². The second-order valence-electron chi connectivity index (χ2n) is 8.05. The molecule has 9 atom stereocenters. The highest BCUT2D eigenvalue weighted by Gasteiger charge is 2.70. The van der Waals surface area contributed by atoms with Crippen LogP contribution in [0, 0.1) is 23.7 Å². The number of esters is 1. The third kappa shape index (κ3) is 2.06. The van der Waals surface area contributed by atoms with Gasteiger partial charge >= 0.3 is 5.97 Å². The monoisotopic (exact) mass is 368 g/mol. The maximum atomic E-state index is 12.0. The molecule has 6 fully saturated rings. The molecule has 24 heavy (non-hydrogen) atoms. The molecule has 1 spiro atoms. The normalized spacial score (nSPS) is 53.8. The Kier molecular flexibility index (Phi) is 3.62. The number of carbonyl (C=O) groups is 1. The molecule has 0 aromatic carbocycles. The van der Waals surface area contributed by atoms with Crippen molar-refractivity contribution in [2.45, 2.75) is 59.8 Å². The SMILES string of the molecule is C=C(C)C(=O)OC1OC(OC)C2SC3(SC12)C1CC2CC(C1)C3C2. The first-order valence-electron chi connectivity index (χ1n) is 8.92. The van der Waals surface area contributed by atoms with Gasteiger partial charge in [-0.3, -0.25) is 0 Å². The molecular formula is C18H24O4S2. The van der Waals surface area contributed by atoms with E-state index in [0.717, 1.165) is 23.7 Å². The van der Waals surface area contributed by atoms with E-state index >= 15 is 0 Å². The Hall–Kier alpha value is -0.170. The molecule has 6 rings (SSSR count). The highest BCUT2D eigenvalue weighted by Crippen LogP contribution is 2.76. The van der Waals surface area contributed by atoms with Crippen LogP contribution < -0.4 is 0 Å². The van der Waals surface area contributed by atoms with Crippen LogP contribution in [0.3, 0.4) is 0 Å². The molecule has 4 nitrogen and oxygen atoms in total. The van der Waals surface area contributed by atoms with Crippen LogP contribution in [0.5, 0.6) is 0 Å². The number of hydrogen-bond donors (Lipinski definition) is 0. The lowest BCUT2D eigenvalue weighted by Crippen LogP contribution is -2.37. The molecule has 132 valence electrons. The van der Waals surface area contributed by atoms with Crippen molar-refractivity contribution >= 4 is 29.5 Å². The zero-order valence-electron chi connectivity index (χ0n) is 14.1. The topological polar surface area (TPSA) is 44.8 Å². The Labute approximate surface area is 151 Å². The molecule has 0 radical (unpaired) electrons. The van der Waals surface area contributed by atoms with Crippen LogP contribution in [0.25, 0.3) is 0 Å². The van der Waals surface area contributed by atoms with Crippen LogP contribution in [0.4, 0.5) is 0 Å². The molecule has 4 aliphatic carbocycles. The van der Waals surface area contributed by atoms with E-state index in [-0.39, 0.29) is 22.8 Å². The minimum Gasteiger partial charge on any atom is -0.431 e. The first kappa shape index (κ1) is 16.0. The minimum absolute atomic E-state index is 0.168. The van der Waals surface area contributed by atoms with Crippen molar-refractivity contribution in [3.05, 3.63) is 12.2 Å². The van der Waals surface area contributed by atoms with Gasteiger partial charge in [0.25, 0.3) is 0 Å². The van der Waals surface area contributed by atoms with Gasteiger partial charge in [-0.15, -0.1) is 23.5 Å². The molecule has 9 unspecified atom stereocenters. The van der Waals surface area contributed by atoms with Crippen LogP contribution >= 0.6 is 23.5 Å². The van der Waals surface area contributed by atoms with E-state index in [1.165, 1.54) is 25.7 Å². The molecule has 2 heterocycles. The molecule has 0 amide bonds. The summed E-state index contributed by atoms with van der Waals surface area (Å²) in [6.45, 7) is 5.36. The lowest BCUT2D eigenvalue weighted by Gasteiger charge is -2.41. The summed E-state index contributed by atoms with van der Waals surface area (Å²) in [6, 6.07) is 0. The van der Waals surface area contributed by atoms with Gasteiger partial charge in [0.2, 0.25) is 6.29 Å². The Morgan fingerprint density at radius 2 is 1.92 bits per heavy atom. The number of ether oxygens (including phenoxy) is 3. The van der Waals surface area contributed by atoms with Crippen molar-refractivity contribution in [3.63, 3.8) is 0 Å². The van der Waals surface area contributed by atoms with E-state index in [1.54, 1.807) is 14.0 Å². The van der Waals surface area contributed by atoms with Gasteiger partial charge in [0.15, 0.2) is 6.29 Å². The third-order valence-corrected chi connectivity index (χ3v) is 11.0. The molecule has 6 aliphatic rings. The predicted molar refractivity (Wildman–Crippen MR) is 94.5 cm³/mol. The molecule has 0 aromatic rings. The van der Waals surface area contributed by atoms with Crippen LogP contribution in [-0.4, -0.2) is 40.2 Å². The fourth-order valence-corrected chi connectivity index (χ4v) is 10.6. The number of methoxy groups -OCH3 is 1. The molecule has 0 aromatic heterocycles. The number of thioether (sulfide) groups is 2. The van der Waals surface area contributed by atoms with Gasteiger partial charge in [0.1, 0.15) is 0 Å². The molecule has 2 saturated heterocycles. The number of carbonyl (C=O) groups excluding carboxylic acids is 1. The second kappa shape index (κ2) is 5.41. The van der Waals surface area contributed by atoms with Gasteiger partial charge in [0.05, 0.1) is 14.6 Å². The van der Waals surface area contributed by atoms with Crippen LogP contribution in [0.15, 0.2) is 12.2 Å². The van der Waals surface area contributed by atoms with Gasteiger partial charge in [0, 0.05) is 12.7 Å². The number of fused-ring (bicyclic) bond motifs is 1. The molecule has 0 N–H and O–H groups in total. The summed E-state index contributed by atoms with van der Waals surface area (Å²) in [5.74, 6) is 3.17. The summed E-state index contributed by atoms with van der Waals surface area (Å²) in [4.78, 5) is 12.0. The first-order chi connectivity index (χ1) is 11.5. The quantitative estimate of drug-likeness (QED) is 0.562. The van der Waals surface area contributed by atoms with E-state index in [9.17, 15) is 4.79 Å². The summed E-state index contributed by atoms with van der Waals surface area (Å²) in [5, 5.41) is 0.419. The van der Waals surface area contributed by atoms with Crippen molar-refractivity contribution in [1.82, 2.24) is 0 Å². The van der Waals surface area contributed by atoms with Crippen molar-refractivity contribution < 1.29 is 19.0 Å². The van der Waals surface area contributed by atoms with E-state index in [2.05, 4.69) is 18.3 Å². The van der Waals surface area contributed by atoms with E-state index in [1.807, 2.05) is 11.8 Å². The summed E-state index contributed by atoms with van der Waals surface area (Å²) in [5.41, 5.74) is 0.417. The Bertz CT molecular complexity index is 592. The van der Waals surface area contributed by atoms with Gasteiger partial charge < -0.3 is 14.2 Å². The highest BCUT2D eigenvalue weighted by molar-refractivity contribution is 8.22. The fourth-order valence-electron chi connectivity index (χ4n) is 5.83. The zero-order valence-corrected chi connectivity index (χ0v) is 15.7. The van der Waals surface area contributed by atoms with Gasteiger partial charge in [-0.25, -0.2) is 4.79 Å². The number of rotatable bonds is 3. The minimum atomic E-state index is -0.516. The lowest BCUT2D eigenvalue weighted by atomic mass is 9.81. The first-order valence-corrected chi connectivity index (χ1v) is 10.7. The van der Waals surface area contributed by atoms with Crippen LogP contribution in [0.2, 0.25) is 0 Å². The van der Waals surface area contributed by atoms with E-state index in [4.69, 9.17) is 14.2 Å². The Balaban J connectivity index is 1.41. The van der Waals surface area contributed by atoms with Crippen LogP contribution in [-0.2, 0) is 19.0 Å². The average Bonchev–Trinajstić information content (AvgIpc) is 3.21. The van der Waals surface area contributed by atoms with Crippen molar-refractivity contribution in [1.29, 1.82) is 0 Å². The molecule has 2 aliphatic heterocycles. The standard InChI is InChI=1S/C18H24O4S2/c1-8(2)15(19)21-17-14-13(16(20-3)22-17)23-18(24-14)11-5-9-4-10(7-11)12(18)6-9/h9-14,16-17H,1,4-7H2,2-3H3. The highest BCUT2D eigenvalue weighted by atomic mass is 32.2. The Morgan fingerprint density at radius 3 is 2.58 bits per heavy atom. The van der Waals surface area contributed by atoms with Crippen molar-refractivity contribution in [3.8, 4) is 0 Å². The molecule has 4 saturated carbocycles. The molecule has 4 bridgehead atoms. The number of hydrogen-bond acceptors (Lipinski definition) is 6. The fraction of sp³-hybridized carbons (Fsp3) is 0.833. The lowest BCUT2D eigenvalue weighted by molar-refractivity contribution is -0.198. The summed E-state index contributed by atoms with van der Waals surface area (Å²) >= 11 is 4.13. The smallest absolute Gasteiger partial charge is 0.335 e. The van der Waals surface area contributed by atoms with Crippen molar-refractivity contribution in [2.75, 3.05) is 7.11 Å². The average molecular weight is 369 g/mol. The third-order valence-electron chi connectivity index (χ3n) is 6.66. The summed E-state index contributed by atoms with van der Waals surface area (Å²) in [7, 11) is 1.69. The van der Waals surface area contributed by atoms with Gasteiger partial charge in [-0.1, -0.05) is 6.58 Å². The maximum Gasteiger partial charge on any atom is 0.335 e. The molecular weight excluding hydrogens is 344 g/mol. The Morgan fingerprint density at radius 1 is 1.17 bits per heavy atom. The van der Waals surface area contributed by atoms with E-state index < -0.39 is 6.29 Å². The van der Waals surface area contributed by atoms with Crippen molar-refractivity contribution in [2.24, 2.45) is 23.7 Å². The van der Waals surface area contributed by atoms with Crippen LogP contribution in [0.1, 0.15) is 32.6 Å². The second-order valence-corrected chi connectivity index (χ2v) is 11.2. The summed E-state index contributed by atoms with van der Waals surface area (Å²) < 4.78 is 17.4. The largest absolute Gasteiger partial charge is 0.431 e. The molecule has 6 heteroatoms. The maximum absolute atomic E-state index is 12.0. The van der Waals surface area contributed by atoms with Gasteiger partial charge in [-0.05, 0) is 56.3 Å². The summed E-state index contributed by atoms with van der Waals surface area (Å²) in [6.07, 6.45) is 4.83. The van der Waals surface area contributed by atoms with E-state index in [0.29, 0.717) is 9.65 Å². The predicted octanol–water partition coefficient (Wildman–Crippen LogP) is 3.41.